The number of thioether (sulfide) groups is 1. The molecule has 1 atom stereocenters. The van der Waals surface area contributed by atoms with Crippen LogP contribution in [-0.2, 0) is 15.8 Å². The van der Waals surface area contributed by atoms with Gasteiger partial charge >= 0.3 is 6.18 Å². The number of anilines is 2. The maximum atomic E-state index is 12.9. The minimum Gasteiger partial charge on any atom is -0.368 e. The maximum Gasteiger partial charge on any atom is 0.416 e. The van der Waals surface area contributed by atoms with E-state index in [-0.39, 0.29) is 18.0 Å². The first-order chi connectivity index (χ1) is 14.7. The fraction of sp³-hybridized carbons (Fsp3) is 0.364. The van der Waals surface area contributed by atoms with E-state index >= 15 is 0 Å². The van der Waals surface area contributed by atoms with Crippen molar-refractivity contribution in [3.63, 3.8) is 0 Å². The van der Waals surface area contributed by atoms with Crippen molar-refractivity contribution >= 4 is 35.0 Å². The summed E-state index contributed by atoms with van der Waals surface area (Å²) in [6, 6.07) is 11.5. The quantitative estimate of drug-likeness (QED) is 0.765. The van der Waals surface area contributed by atoms with Gasteiger partial charge in [-0.2, -0.15) is 13.2 Å². The van der Waals surface area contributed by atoms with Gasteiger partial charge in [-0.25, -0.2) is 0 Å². The van der Waals surface area contributed by atoms with Crippen molar-refractivity contribution in [1.29, 1.82) is 0 Å². The lowest BCUT2D eigenvalue weighted by Crippen LogP contribution is -2.49. The highest BCUT2D eigenvalue weighted by atomic mass is 32.2. The van der Waals surface area contributed by atoms with Crippen LogP contribution in [0.25, 0.3) is 0 Å². The zero-order valence-corrected chi connectivity index (χ0v) is 17.7. The lowest BCUT2D eigenvalue weighted by molar-refractivity contribution is -0.137. The van der Waals surface area contributed by atoms with Gasteiger partial charge in [0.25, 0.3) is 0 Å². The highest BCUT2D eigenvalue weighted by molar-refractivity contribution is 8.01. The van der Waals surface area contributed by atoms with Crippen LogP contribution in [0.5, 0.6) is 0 Å². The summed E-state index contributed by atoms with van der Waals surface area (Å²) in [6.07, 6.45) is -4.46. The molecule has 1 fully saturated rings. The van der Waals surface area contributed by atoms with E-state index in [0.29, 0.717) is 31.1 Å². The summed E-state index contributed by atoms with van der Waals surface area (Å²) in [5, 5.41) is 1.87. The largest absolute Gasteiger partial charge is 0.416 e. The normalized spacial score (nSPS) is 19.1. The summed E-state index contributed by atoms with van der Waals surface area (Å²) in [4.78, 5) is 29.7. The number of alkyl halides is 3. The van der Waals surface area contributed by atoms with E-state index in [1.807, 2.05) is 19.1 Å². The third-order valence-corrected chi connectivity index (χ3v) is 6.76. The van der Waals surface area contributed by atoms with Gasteiger partial charge in [-0.3, -0.25) is 9.59 Å². The molecule has 0 aliphatic carbocycles. The van der Waals surface area contributed by atoms with Crippen LogP contribution in [0.3, 0.4) is 0 Å². The number of hydrogen-bond acceptors (Lipinski definition) is 4. The van der Waals surface area contributed by atoms with Gasteiger partial charge in [-0.15, -0.1) is 11.8 Å². The fourth-order valence-corrected chi connectivity index (χ4v) is 4.87. The van der Waals surface area contributed by atoms with Crippen LogP contribution in [0.4, 0.5) is 24.5 Å². The molecule has 1 saturated heterocycles. The van der Waals surface area contributed by atoms with Crippen molar-refractivity contribution < 1.29 is 22.8 Å². The Kier molecular flexibility index (Phi) is 5.88. The molecule has 0 bridgehead atoms. The molecule has 1 unspecified atom stereocenters. The maximum absolute atomic E-state index is 12.9. The van der Waals surface area contributed by atoms with Gasteiger partial charge in [0.1, 0.15) is 0 Å². The van der Waals surface area contributed by atoms with Gasteiger partial charge in [0.05, 0.1) is 16.5 Å². The highest BCUT2D eigenvalue weighted by Crippen LogP contribution is 2.40. The Bertz CT molecular complexity index is 1000. The van der Waals surface area contributed by atoms with Gasteiger partial charge < -0.3 is 15.1 Å². The van der Waals surface area contributed by atoms with Crippen LogP contribution in [-0.4, -0.2) is 48.1 Å². The molecule has 2 aliphatic heterocycles. The molecule has 9 heteroatoms. The summed E-state index contributed by atoms with van der Waals surface area (Å²) >= 11 is 1.14. The van der Waals surface area contributed by atoms with Gasteiger partial charge in [0.15, 0.2) is 0 Å². The minimum absolute atomic E-state index is 0.0153. The number of hydrogen-bond donors (Lipinski definition) is 1. The molecule has 0 radical (unpaired) electrons. The second-order valence-corrected chi connectivity index (χ2v) is 8.96. The average Bonchev–Trinajstić information content (AvgIpc) is 2.73. The summed E-state index contributed by atoms with van der Waals surface area (Å²) in [5.74, 6) is -0.560. The Hall–Kier alpha value is -2.68. The Balaban J connectivity index is 1.36. The van der Waals surface area contributed by atoms with Crippen molar-refractivity contribution in [2.75, 3.05) is 36.4 Å². The predicted octanol–water partition coefficient (Wildman–Crippen LogP) is 4.17. The molecule has 5 nitrogen and oxygen atoms in total. The van der Waals surface area contributed by atoms with E-state index in [4.69, 9.17) is 0 Å². The van der Waals surface area contributed by atoms with E-state index in [9.17, 15) is 22.8 Å². The third kappa shape index (κ3) is 4.81. The zero-order valence-electron chi connectivity index (χ0n) is 16.9. The highest BCUT2D eigenvalue weighted by Gasteiger charge is 2.35. The van der Waals surface area contributed by atoms with Crippen molar-refractivity contribution in [3.05, 3.63) is 53.6 Å². The first kappa shape index (κ1) is 21.5. The molecule has 2 aromatic carbocycles. The molecule has 1 N–H and O–H groups in total. The number of aryl methyl sites for hydroxylation is 1. The van der Waals surface area contributed by atoms with E-state index in [1.165, 1.54) is 11.6 Å². The standard InChI is InChI=1S/C22H22F3N3O2S/c1-14-3-2-4-16(11-14)27-7-9-28(10-8-27)20(29)13-19-21(30)26-17-12-15(22(23,24)25)5-6-18(17)31-19/h2-6,11-12,19H,7-10,13H2,1H3,(H,26,30). The number of fused-ring (bicyclic) bond motifs is 1. The Labute approximate surface area is 182 Å². The fourth-order valence-electron chi connectivity index (χ4n) is 3.79. The van der Waals surface area contributed by atoms with Crippen LogP contribution in [0.15, 0.2) is 47.4 Å². The number of carbonyl (C=O) groups is 2. The second-order valence-electron chi connectivity index (χ2n) is 7.72. The predicted molar refractivity (Wildman–Crippen MR) is 114 cm³/mol. The number of nitrogens with zero attached hydrogens (tertiary/aromatic N) is 2. The number of rotatable bonds is 3. The van der Waals surface area contributed by atoms with E-state index < -0.39 is 22.9 Å². The molecule has 2 aromatic rings. The molecule has 0 saturated carbocycles. The molecule has 4 rings (SSSR count). The molecular weight excluding hydrogens is 427 g/mol. The van der Waals surface area contributed by atoms with Crippen LogP contribution in [0, 0.1) is 6.92 Å². The molecule has 0 aromatic heterocycles. The summed E-state index contributed by atoms with van der Waals surface area (Å²) in [5.41, 5.74) is 1.64. The Morgan fingerprint density at radius 1 is 1.13 bits per heavy atom. The topological polar surface area (TPSA) is 52.6 Å². The Morgan fingerprint density at radius 3 is 2.55 bits per heavy atom. The first-order valence-corrected chi connectivity index (χ1v) is 10.9. The lowest BCUT2D eigenvalue weighted by atomic mass is 10.1. The summed E-state index contributed by atoms with van der Waals surface area (Å²) in [7, 11) is 0. The number of halogens is 3. The first-order valence-electron chi connectivity index (χ1n) is 9.99. The molecule has 164 valence electrons. The van der Waals surface area contributed by atoms with Gasteiger partial charge in [0.2, 0.25) is 11.8 Å². The molecular formula is C22H22F3N3O2S. The Morgan fingerprint density at radius 2 is 1.87 bits per heavy atom. The van der Waals surface area contributed by atoms with Crippen LogP contribution in [0.1, 0.15) is 17.5 Å². The smallest absolute Gasteiger partial charge is 0.368 e. The molecule has 0 spiro atoms. The number of piperazine rings is 1. The van der Waals surface area contributed by atoms with Gasteiger partial charge in [-0.1, -0.05) is 12.1 Å². The molecule has 2 heterocycles. The van der Waals surface area contributed by atoms with Gasteiger partial charge in [-0.05, 0) is 42.8 Å². The third-order valence-electron chi connectivity index (χ3n) is 5.49. The van der Waals surface area contributed by atoms with Crippen LogP contribution >= 0.6 is 11.8 Å². The van der Waals surface area contributed by atoms with E-state index in [0.717, 1.165) is 29.6 Å². The van der Waals surface area contributed by atoms with Gasteiger partial charge in [0, 0.05) is 43.2 Å². The number of amides is 2. The van der Waals surface area contributed by atoms with Crippen molar-refractivity contribution in [3.8, 4) is 0 Å². The average molecular weight is 449 g/mol. The number of carbonyl (C=O) groups excluding carboxylic acids is 2. The van der Waals surface area contributed by atoms with Crippen LogP contribution < -0.4 is 10.2 Å². The minimum atomic E-state index is -4.47. The SMILES string of the molecule is Cc1cccc(N2CCN(C(=O)CC3Sc4ccc(C(F)(F)F)cc4NC3=O)CC2)c1. The van der Waals surface area contributed by atoms with Crippen molar-refractivity contribution in [2.45, 2.75) is 29.7 Å². The molecule has 31 heavy (non-hydrogen) atoms. The van der Waals surface area contributed by atoms with Crippen LogP contribution in [0.2, 0.25) is 0 Å². The van der Waals surface area contributed by atoms with Crippen molar-refractivity contribution in [2.24, 2.45) is 0 Å². The summed E-state index contributed by atoms with van der Waals surface area (Å²) in [6.45, 7) is 4.59. The lowest BCUT2D eigenvalue weighted by Gasteiger charge is -2.37. The second kappa shape index (κ2) is 8.45. The molecule has 2 amide bonds. The number of benzene rings is 2. The van der Waals surface area contributed by atoms with E-state index in [1.54, 1.807) is 4.90 Å². The number of nitrogens with one attached hydrogen (secondary N) is 1. The summed E-state index contributed by atoms with van der Waals surface area (Å²) < 4.78 is 38.7. The van der Waals surface area contributed by atoms with Crippen molar-refractivity contribution in [1.82, 2.24) is 4.90 Å². The van der Waals surface area contributed by atoms with E-state index in [2.05, 4.69) is 22.3 Å². The molecule has 2 aliphatic rings. The monoisotopic (exact) mass is 449 g/mol. The zero-order chi connectivity index (χ0) is 22.2.